The van der Waals surface area contributed by atoms with Crippen molar-refractivity contribution in [2.75, 3.05) is 7.11 Å². The summed E-state index contributed by atoms with van der Waals surface area (Å²) in [4.78, 5) is 12.4. The fraction of sp³-hybridized carbons (Fsp3) is 0.500. The second-order valence-corrected chi connectivity index (χ2v) is 10.7. The molecule has 0 amide bonds. The number of ether oxygens (including phenoxy) is 1. The van der Waals surface area contributed by atoms with Crippen LogP contribution in [0.4, 0.5) is 26.3 Å². The number of rotatable bonds is 13. The number of esters is 1. The molecule has 0 radical (unpaired) electrons. The number of carbonyl (C=O) groups excluding carboxylic acids is 1. The molecule has 1 aromatic carbocycles. The van der Waals surface area contributed by atoms with Crippen LogP contribution < -0.4 is 4.72 Å². The number of hydrogen-bond acceptors (Lipinski definition) is 5. The summed E-state index contributed by atoms with van der Waals surface area (Å²) in [7, 11) is -2.86. The molecular formula is C22H25F6NO4S2. The van der Waals surface area contributed by atoms with Crippen LogP contribution in [0.2, 0.25) is 0 Å². The minimum absolute atomic E-state index is 0.0313. The molecule has 1 unspecified atom stereocenters. The van der Waals surface area contributed by atoms with Crippen molar-refractivity contribution in [3.63, 3.8) is 0 Å². The Morgan fingerprint density at radius 1 is 1.03 bits per heavy atom. The molecule has 2 rings (SSSR count). The summed E-state index contributed by atoms with van der Waals surface area (Å²) in [5, 5.41) is 0. The molecular weight excluding hydrogens is 520 g/mol. The summed E-state index contributed by atoms with van der Waals surface area (Å²) in [6.45, 7) is 0. The standard InChI is InChI=1S/C22H25F6NO4S2/c1-33-20(30)7-4-5-16-10-13-19(34-16)18(6-2-3-14-21(24,25)22(26,27)28)29-35(31,32)17-11-8-15(23)9-12-17/h8-13,18,29H,2-7,14H2,1H3. The summed E-state index contributed by atoms with van der Waals surface area (Å²) in [5.41, 5.74) is 0. The van der Waals surface area contributed by atoms with Crippen LogP contribution >= 0.6 is 11.3 Å². The molecule has 5 nitrogen and oxygen atoms in total. The number of unbranched alkanes of at least 4 members (excludes halogenated alkanes) is 1. The van der Waals surface area contributed by atoms with Crippen LogP contribution in [0.25, 0.3) is 0 Å². The molecule has 0 aliphatic rings. The molecule has 0 saturated heterocycles. The Morgan fingerprint density at radius 2 is 1.69 bits per heavy atom. The number of carbonyl (C=O) groups is 1. The number of halogens is 6. The summed E-state index contributed by atoms with van der Waals surface area (Å²) in [6, 6.07) is 6.52. The van der Waals surface area contributed by atoms with E-state index in [-0.39, 0.29) is 30.1 Å². The van der Waals surface area contributed by atoms with Gasteiger partial charge in [-0.1, -0.05) is 6.42 Å². The highest BCUT2D eigenvalue weighted by atomic mass is 32.2. The highest BCUT2D eigenvalue weighted by Crippen LogP contribution is 2.39. The second-order valence-electron chi connectivity index (χ2n) is 7.81. The van der Waals surface area contributed by atoms with Gasteiger partial charge in [-0.3, -0.25) is 4.79 Å². The second kappa shape index (κ2) is 12.2. The van der Waals surface area contributed by atoms with Crippen molar-refractivity contribution in [1.82, 2.24) is 4.72 Å². The molecule has 0 fully saturated rings. The Bertz CT molecular complexity index is 1070. The van der Waals surface area contributed by atoms with Gasteiger partial charge in [-0.25, -0.2) is 17.5 Å². The summed E-state index contributed by atoms with van der Waals surface area (Å²) in [5.74, 6) is -5.84. The van der Waals surface area contributed by atoms with Crippen molar-refractivity contribution >= 4 is 27.3 Å². The molecule has 1 aromatic heterocycles. The molecule has 0 spiro atoms. The molecule has 1 atom stereocenters. The Balaban J connectivity index is 2.13. The topological polar surface area (TPSA) is 72.5 Å². The van der Waals surface area contributed by atoms with Crippen LogP contribution in [0.15, 0.2) is 41.3 Å². The fourth-order valence-electron chi connectivity index (χ4n) is 3.19. The van der Waals surface area contributed by atoms with Gasteiger partial charge in [-0.2, -0.15) is 22.0 Å². The van der Waals surface area contributed by atoms with Crippen molar-refractivity contribution in [3.05, 3.63) is 52.0 Å². The zero-order valence-corrected chi connectivity index (χ0v) is 20.3. The van der Waals surface area contributed by atoms with Crippen LogP contribution in [0.3, 0.4) is 0 Å². The van der Waals surface area contributed by atoms with E-state index in [0.717, 1.165) is 29.1 Å². The SMILES string of the molecule is COC(=O)CCCc1ccc(C(CCCCC(F)(F)C(F)(F)F)NS(=O)(=O)c2ccc(F)cc2)s1. The van der Waals surface area contributed by atoms with E-state index in [1.54, 1.807) is 12.1 Å². The molecule has 0 aliphatic heterocycles. The number of hydrogen-bond donors (Lipinski definition) is 1. The van der Waals surface area contributed by atoms with Gasteiger partial charge in [0.05, 0.1) is 18.0 Å². The smallest absolute Gasteiger partial charge is 0.453 e. The monoisotopic (exact) mass is 545 g/mol. The number of alkyl halides is 5. The van der Waals surface area contributed by atoms with Gasteiger partial charge in [0.15, 0.2) is 0 Å². The van der Waals surface area contributed by atoms with Crippen LogP contribution in [0.5, 0.6) is 0 Å². The zero-order chi connectivity index (χ0) is 26.3. The van der Waals surface area contributed by atoms with E-state index in [1.165, 1.54) is 18.4 Å². The molecule has 0 aliphatic carbocycles. The largest absolute Gasteiger partial charge is 0.469 e. The van der Waals surface area contributed by atoms with Crippen molar-refractivity contribution in [2.24, 2.45) is 0 Å². The third-order valence-corrected chi connectivity index (χ3v) is 7.87. The number of nitrogens with one attached hydrogen (secondary N) is 1. The minimum atomic E-state index is -5.65. The van der Waals surface area contributed by atoms with Gasteiger partial charge in [-0.05, 0) is 62.1 Å². The minimum Gasteiger partial charge on any atom is -0.469 e. The van der Waals surface area contributed by atoms with Crippen LogP contribution in [-0.2, 0) is 26.0 Å². The average Bonchev–Trinajstić information content (AvgIpc) is 3.24. The number of sulfonamides is 1. The maximum Gasteiger partial charge on any atom is 0.453 e. The Kier molecular flexibility index (Phi) is 10.2. The third-order valence-electron chi connectivity index (χ3n) is 5.13. The first-order valence-electron chi connectivity index (χ1n) is 10.6. The van der Waals surface area contributed by atoms with E-state index in [0.29, 0.717) is 17.7 Å². The molecule has 0 saturated carbocycles. The van der Waals surface area contributed by atoms with Gasteiger partial charge < -0.3 is 4.74 Å². The zero-order valence-electron chi connectivity index (χ0n) is 18.7. The lowest BCUT2D eigenvalue weighted by Crippen LogP contribution is -2.36. The summed E-state index contributed by atoms with van der Waals surface area (Å²) < 4.78 is 109. The third kappa shape index (κ3) is 8.80. The molecule has 196 valence electrons. The van der Waals surface area contributed by atoms with E-state index in [1.807, 2.05) is 0 Å². The average molecular weight is 546 g/mol. The lowest BCUT2D eigenvalue weighted by Gasteiger charge is -2.21. The predicted molar refractivity (Wildman–Crippen MR) is 118 cm³/mol. The first-order chi connectivity index (χ1) is 16.2. The summed E-state index contributed by atoms with van der Waals surface area (Å²) in [6.07, 6.45) is -6.47. The van der Waals surface area contributed by atoms with Gasteiger partial charge >= 0.3 is 18.1 Å². The molecule has 1 N–H and O–H groups in total. The van der Waals surface area contributed by atoms with E-state index < -0.39 is 46.8 Å². The van der Waals surface area contributed by atoms with Gasteiger partial charge in [0.2, 0.25) is 10.0 Å². The normalized spacial score (nSPS) is 13.6. The highest BCUT2D eigenvalue weighted by molar-refractivity contribution is 7.89. The van der Waals surface area contributed by atoms with E-state index in [2.05, 4.69) is 9.46 Å². The molecule has 0 bridgehead atoms. The molecule has 2 aromatic rings. The quantitative estimate of drug-likeness (QED) is 0.186. The Labute approximate surface area is 203 Å². The first kappa shape index (κ1) is 29.1. The lowest BCUT2D eigenvalue weighted by atomic mass is 10.0. The molecule has 13 heteroatoms. The Hall–Kier alpha value is -2.12. The van der Waals surface area contributed by atoms with Crippen molar-refractivity contribution in [3.8, 4) is 0 Å². The lowest BCUT2D eigenvalue weighted by molar-refractivity contribution is -0.284. The van der Waals surface area contributed by atoms with E-state index in [4.69, 9.17) is 0 Å². The molecule has 1 heterocycles. The highest BCUT2D eigenvalue weighted by Gasteiger charge is 2.56. The maximum absolute atomic E-state index is 13.2. The van der Waals surface area contributed by atoms with Crippen LogP contribution in [0, 0.1) is 5.82 Å². The maximum atomic E-state index is 13.2. The van der Waals surface area contributed by atoms with Crippen molar-refractivity contribution in [1.29, 1.82) is 0 Å². The van der Waals surface area contributed by atoms with Gasteiger partial charge in [0.1, 0.15) is 5.82 Å². The van der Waals surface area contributed by atoms with Crippen molar-refractivity contribution in [2.45, 2.75) is 68.0 Å². The predicted octanol–water partition coefficient (Wildman–Crippen LogP) is 6.16. The van der Waals surface area contributed by atoms with E-state index >= 15 is 0 Å². The number of benzene rings is 1. The number of methoxy groups -OCH3 is 1. The van der Waals surface area contributed by atoms with Gasteiger partial charge in [0.25, 0.3) is 0 Å². The van der Waals surface area contributed by atoms with E-state index in [9.17, 15) is 39.6 Å². The Morgan fingerprint density at radius 3 is 2.29 bits per heavy atom. The van der Waals surface area contributed by atoms with Gasteiger partial charge in [-0.15, -0.1) is 11.3 Å². The number of aryl methyl sites for hydroxylation is 1. The summed E-state index contributed by atoms with van der Waals surface area (Å²) >= 11 is 1.24. The first-order valence-corrected chi connectivity index (χ1v) is 12.9. The molecule has 35 heavy (non-hydrogen) atoms. The fourth-order valence-corrected chi connectivity index (χ4v) is 5.66. The van der Waals surface area contributed by atoms with Crippen molar-refractivity contribution < 1.29 is 44.3 Å². The van der Waals surface area contributed by atoms with Gasteiger partial charge in [0, 0.05) is 22.6 Å². The van der Waals surface area contributed by atoms with Crippen LogP contribution in [-0.4, -0.2) is 33.6 Å². The number of thiophene rings is 1. The van der Waals surface area contributed by atoms with Crippen LogP contribution in [0.1, 0.15) is 54.3 Å².